The van der Waals surface area contributed by atoms with Crippen LogP contribution in [0.4, 0.5) is 15.4 Å². The summed E-state index contributed by atoms with van der Waals surface area (Å²) >= 11 is 8.98. The molecule has 2 atom stereocenters. The Hall–Kier alpha value is -6.08. The molecule has 16 nitrogen and oxygen atoms in total. The van der Waals surface area contributed by atoms with E-state index in [1.807, 2.05) is 34.5 Å². The Labute approximate surface area is 398 Å². The van der Waals surface area contributed by atoms with Gasteiger partial charge in [-0.05, 0) is 104 Å². The third-order valence-electron chi connectivity index (χ3n) is 9.57. The second-order valence-corrected chi connectivity index (χ2v) is 19.5. The van der Waals surface area contributed by atoms with Gasteiger partial charge in [-0.1, -0.05) is 47.6 Å². The normalized spacial score (nSPS) is 13.2. The van der Waals surface area contributed by atoms with Gasteiger partial charge >= 0.3 is 18.2 Å². The first-order valence-corrected chi connectivity index (χ1v) is 23.7. The van der Waals surface area contributed by atoms with Crippen LogP contribution in [-0.2, 0) is 29.6 Å². The topological polar surface area (TPSA) is 218 Å². The van der Waals surface area contributed by atoms with Crippen molar-refractivity contribution < 1.29 is 38.1 Å². The Morgan fingerprint density at radius 2 is 1.52 bits per heavy atom. The standard InChI is InChI=1S/C47H55ClN8O8S2/c1-29(52-40(57)37(54-45(60)64-47(5,6)7)11-8-9-20-51-44(59)63-46(2,3)4)43(58)62-24-23-61-34-18-14-30(15-19-34)38-35(25-49)39(56-21-10-22-56)55-42(36(38)26-50)66-28-33-27-65-41(53-33)31-12-16-32(48)17-13-31/h12-19,27,29,37H,8-11,20-24,28H2,1-7H3,(H,51,59)(H,52,57)(H,54,60)/t29-,37-/m0/s1. The maximum atomic E-state index is 13.3. The molecule has 2 aromatic heterocycles. The molecule has 4 aromatic rings. The van der Waals surface area contributed by atoms with Gasteiger partial charge in [0.25, 0.3) is 0 Å². The highest BCUT2D eigenvalue weighted by molar-refractivity contribution is 7.98. The molecule has 3 amide bonds. The third kappa shape index (κ3) is 15.3. The van der Waals surface area contributed by atoms with Crippen LogP contribution in [0.5, 0.6) is 5.75 Å². The lowest BCUT2D eigenvalue weighted by atomic mass is 9.96. The number of unbranched alkanes of at least 4 members (excludes halogenated alkanes) is 1. The molecule has 350 valence electrons. The van der Waals surface area contributed by atoms with Gasteiger partial charge in [-0.3, -0.25) is 4.79 Å². The Kier molecular flexibility index (Phi) is 18.0. The second-order valence-electron chi connectivity index (χ2n) is 17.3. The fourth-order valence-corrected chi connectivity index (χ4v) is 8.30. The van der Waals surface area contributed by atoms with Crippen LogP contribution in [0.3, 0.4) is 0 Å². The van der Waals surface area contributed by atoms with Crippen molar-refractivity contribution in [3.05, 3.63) is 75.8 Å². The molecular weight excluding hydrogens is 904 g/mol. The monoisotopic (exact) mass is 958 g/mol. The lowest BCUT2D eigenvalue weighted by Crippen LogP contribution is -2.52. The number of hydrogen-bond donors (Lipinski definition) is 3. The number of esters is 1. The van der Waals surface area contributed by atoms with Crippen LogP contribution in [0.1, 0.15) is 91.0 Å². The van der Waals surface area contributed by atoms with Gasteiger partial charge in [-0.2, -0.15) is 10.5 Å². The number of nitriles is 2. The zero-order chi connectivity index (χ0) is 48.0. The van der Waals surface area contributed by atoms with E-state index < -0.39 is 47.3 Å². The molecule has 66 heavy (non-hydrogen) atoms. The SMILES string of the molecule is C[C@H](NC(=O)[C@H](CCCCNC(=O)OC(C)(C)C)NC(=O)OC(C)(C)C)C(=O)OCCOc1ccc(-c2c(C#N)c(SCc3csc(-c4ccc(Cl)cc4)n3)nc(N3CCC3)c2C#N)cc1. The summed E-state index contributed by atoms with van der Waals surface area (Å²) in [6.07, 6.45) is 0.765. The molecule has 1 saturated heterocycles. The molecule has 19 heteroatoms. The minimum Gasteiger partial charge on any atom is -0.490 e. The number of ether oxygens (including phenoxy) is 4. The highest BCUT2D eigenvalue weighted by atomic mass is 35.5. The molecule has 0 bridgehead atoms. The molecule has 1 aliphatic heterocycles. The summed E-state index contributed by atoms with van der Waals surface area (Å²) < 4.78 is 21.8. The van der Waals surface area contributed by atoms with E-state index in [1.54, 1.807) is 65.8 Å². The first-order chi connectivity index (χ1) is 31.3. The van der Waals surface area contributed by atoms with E-state index in [1.165, 1.54) is 30.0 Å². The summed E-state index contributed by atoms with van der Waals surface area (Å²) in [5, 5.41) is 32.7. The van der Waals surface area contributed by atoms with Crippen LogP contribution in [-0.4, -0.2) is 90.2 Å². The summed E-state index contributed by atoms with van der Waals surface area (Å²) in [4.78, 5) is 62.5. The number of nitrogens with zero attached hydrogens (tertiary/aromatic N) is 5. The Balaban J connectivity index is 1.17. The summed E-state index contributed by atoms with van der Waals surface area (Å²) in [6, 6.07) is 17.0. The number of halogens is 1. The number of rotatable bonds is 19. The number of thiazole rings is 1. The third-order valence-corrected chi connectivity index (χ3v) is 11.8. The molecule has 3 N–H and O–H groups in total. The van der Waals surface area contributed by atoms with Crippen LogP contribution in [0.2, 0.25) is 5.02 Å². The zero-order valence-corrected chi connectivity index (χ0v) is 40.5. The number of nitrogens with one attached hydrogen (secondary N) is 3. The smallest absolute Gasteiger partial charge is 0.408 e. The minimum absolute atomic E-state index is 0.00962. The summed E-state index contributed by atoms with van der Waals surface area (Å²) in [5.41, 5.74) is 2.06. The molecule has 2 aromatic carbocycles. The molecule has 0 aliphatic carbocycles. The fourth-order valence-electron chi connectivity index (χ4n) is 6.37. The van der Waals surface area contributed by atoms with Crippen LogP contribution in [0.15, 0.2) is 58.9 Å². The van der Waals surface area contributed by atoms with E-state index in [2.05, 4.69) is 28.1 Å². The van der Waals surface area contributed by atoms with Crippen LogP contribution >= 0.6 is 34.7 Å². The van der Waals surface area contributed by atoms with Crippen LogP contribution in [0, 0.1) is 22.7 Å². The Bertz CT molecular complexity index is 2420. The molecule has 0 saturated carbocycles. The molecule has 0 radical (unpaired) electrons. The average Bonchev–Trinajstić information content (AvgIpc) is 3.71. The number of pyridine rings is 1. The van der Waals surface area contributed by atoms with Crippen molar-refractivity contribution in [2.45, 2.75) is 108 Å². The van der Waals surface area contributed by atoms with Crippen LogP contribution in [0.25, 0.3) is 21.7 Å². The molecule has 5 rings (SSSR count). The lowest BCUT2D eigenvalue weighted by Gasteiger charge is -2.33. The van der Waals surface area contributed by atoms with Gasteiger partial charge < -0.3 is 39.8 Å². The Morgan fingerprint density at radius 1 is 0.864 bits per heavy atom. The van der Waals surface area contributed by atoms with E-state index in [4.69, 9.17) is 40.5 Å². The van der Waals surface area contributed by atoms with Gasteiger partial charge in [0.1, 0.15) is 75.8 Å². The van der Waals surface area contributed by atoms with Crippen molar-refractivity contribution in [2.24, 2.45) is 0 Å². The van der Waals surface area contributed by atoms with E-state index in [0.29, 0.717) is 63.4 Å². The van der Waals surface area contributed by atoms with Crippen molar-refractivity contribution in [3.63, 3.8) is 0 Å². The summed E-state index contributed by atoms with van der Waals surface area (Å²) in [5.74, 6) is 0.128. The zero-order valence-electron chi connectivity index (χ0n) is 38.1. The van der Waals surface area contributed by atoms with Gasteiger partial charge in [0.15, 0.2) is 0 Å². The summed E-state index contributed by atoms with van der Waals surface area (Å²) in [7, 11) is 0. The van der Waals surface area contributed by atoms with Crippen molar-refractivity contribution in [1.29, 1.82) is 10.5 Å². The highest BCUT2D eigenvalue weighted by Crippen LogP contribution is 2.40. The van der Waals surface area contributed by atoms with Gasteiger partial charge in [0.05, 0.1) is 11.3 Å². The molecule has 0 spiro atoms. The number of amides is 3. The van der Waals surface area contributed by atoms with E-state index >= 15 is 0 Å². The first-order valence-electron chi connectivity index (χ1n) is 21.5. The number of benzene rings is 2. The van der Waals surface area contributed by atoms with Crippen molar-refractivity contribution in [3.8, 4) is 39.6 Å². The fraction of sp³-hybridized carbons (Fsp3) is 0.447. The molecule has 0 unspecified atom stereocenters. The number of carbonyl (C=O) groups excluding carboxylic acids is 4. The maximum Gasteiger partial charge on any atom is 0.408 e. The largest absolute Gasteiger partial charge is 0.490 e. The number of hydrogen-bond acceptors (Lipinski definition) is 15. The Morgan fingerprint density at radius 3 is 2.14 bits per heavy atom. The van der Waals surface area contributed by atoms with Crippen molar-refractivity contribution in [1.82, 2.24) is 25.9 Å². The predicted molar refractivity (Wildman–Crippen MR) is 253 cm³/mol. The predicted octanol–water partition coefficient (Wildman–Crippen LogP) is 8.79. The second kappa shape index (κ2) is 23.4. The average molecular weight is 960 g/mol. The molecule has 1 fully saturated rings. The van der Waals surface area contributed by atoms with E-state index in [0.717, 1.165) is 35.8 Å². The number of aromatic nitrogens is 2. The molecule has 3 heterocycles. The van der Waals surface area contributed by atoms with Gasteiger partial charge in [0, 0.05) is 46.9 Å². The lowest BCUT2D eigenvalue weighted by molar-refractivity contribution is -0.148. The van der Waals surface area contributed by atoms with Crippen molar-refractivity contribution in [2.75, 3.05) is 37.7 Å². The van der Waals surface area contributed by atoms with Gasteiger partial charge in [-0.15, -0.1) is 11.3 Å². The van der Waals surface area contributed by atoms with E-state index in [-0.39, 0.29) is 25.2 Å². The maximum absolute atomic E-state index is 13.3. The number of carbonyl (C=O) groups is 4. The minimum atomic E-state index is -1.06. The number of thioether (sulfide) groups is 1. The van der Waals surface area contributed by atoms with Gasteiger partial charge in [0.2, 0.25) is 5.91 Å². The first kappa shape index (κ1) is 50.9. The van der Waals surface area contributed by atoms with Crippen LogP contribution < -0.4 is 25.6 Å². The van der Waals surface area contributed by atoms with Crippen molar-refractivity contribution >= 4 is 64.6 Å². The molecular formula is C47H55ClN8O8S2. The summed E-state index contributed by atoms with van der Waals surface area (Å²) in [6.45, 7) is 13.5. The highest BCUT2D eigenvalue weighted by Gasteiger charge is 2.29. The molecule has 1 aliphatic rings. The number of alkyl carbamates (subject to hydrolysis) is 2. The number of anilines is 1. The quantitative estimate of drug-likeness (QED) is 0.0346. The van der Waals surface area contributed by atoms with E-state index in [9.17, 15) is 29.7 Å². The van der Waals surface area contributed by atoms with Gasteiger partial charge in [-0.25, -0.2) is 24.4 Å².